The van der Waals surface area contributed by atoms with E-state index in [0.29, 0.717) is 11.4 Å². The Labute approximate surface area is 162 Å². The molecule has 3 N–H and O–H groups in total. The molecule has 1 amide bonds. The number of hydrogen-bond donors (Lipinski definition) is 2. The smallest absolute Gasteiger partial charge is 0.342 e. The van der Waals surface area contributed by atoms with Gasteiger partial charge in [-0.3, -0.25) is 4.79 Å². The fourth-order valence-corrected chi connectivity index (χ4v) is 2.74. The number of hydrogen-bond acceptors (Lipinski definition) is 7. The zero-order valence-corrected chi connectivity index (χ0v) is 16.3. The molecule has 0 unspecified atom stereocenters. The number of primary sulfonamides is 1. The molecule has 0 fully saturated rings. The van der Waals surface area contributed by atoms with Crippen molar-refractivity contribution >= 4 is 27.6 Å². The number of rotatable bonds is 7. The Balaban J connectivity index is 2.07. The molecule has 1 atom stereocenters. The second-order valence-corrected chi connectivity index (χ2v) is 7.23. The van der Waals surface area contributed by atoms with E-state index >= 15 is 0 Å². The third-order valence-electron chi connectivity index (χ3n) is 3.73. The lowest BCUT2D eigenvalue weighted by Gasteiger charge is -2.15. The van der Waals surface area contributed by atoms with Gasteiger partial charge in [-0.25, -0.2) is 18.4 Å². The Morgan fingerprint density at radius 3 is 2.21 bits per heavy atom. The van der Waals surface area contributed by atoms with Gasteiger partial charge in [0.2, 0.25) is 10.0 Å². The quantitative estimate of drug-likeness (QED) is 0.664. The lowest BCUT2D eigenvalue weighted by molar-refractivity contribution is -0.123. The molecule has 0 aromatic heterocycles. The zero-order chi connectivity index (χ0) is 20.9. The number of methoxy groups -OCH3 is 2. The highest BCUT2D eigenvalue weighted by molar-refractivity contribution is 7.89. The molecule has 0 aliphatic rings. The molecule has 150 valence electrons. The number of ether oxygens (including phenoxy) is 3. The molecular weight excluding hydrogens is 388 g/mol. The van der Waals surface area contributed by atoms with Crippen LogP contribution in [-0.4, -0.2) is 40.6 Å². The minimum atomic E-state index is -3.83. The molecule has 0 aliphatic carbocycles. The average molecular weight is 408 g/mol. The van der Waals surface area contributed by atoms with E-state index in [-0.39, 0.29) is 16.2 Å². The van der Waals surface area contributed by atoms with Crippen LogP contribution in [0.25, 0.3) is 0 Å². The monoisotopic (exact) mass is 408 g/mol. The molecule has 0 bridgehead atoms. The molecule has 0 heterocycles. The largest absolute Gasteiger partial charge is 0.497 e. The van der Waals surface area contributed by atoms with E-state index in [0.717, 1.165) is 0 Å². The van der Waals surface area contributed by atoms with Gasteiger partial charge in [0, 0.05) is 5.69 Å². The maximum Gasteiger partial charge on any atom is 0.342 e. The maximum absolute atomic E-state index is 12.4. The van der Waals surface area contributed by atoms with Gasteiger partial charge < -0.3 is 19.5 Å². The van der Waals surface area contributed by atoms with Crippen molar-refractivity contribution in [3.63, 3.8) is 0 Å². The summed E-state index contributed by atoms with van der Waals surface area (Å²) in [6.45, 7) is 1.40. The van der Waals surface area contributed by atoms with Gasteiger partial charge in [-0.15, -0.1) is 0 Å². The topological polar surface area (TPSA) is 134 Å². The molecule has 2 rings (SSSR count). The van der Waals surface area contributed by atoms with Crippen LogP contribution < -0.4 is 19.9 Å². The highest BCUT2D eigenvalue weighted by atomic mass is 32.2. The van der Waals surface area contributed by atoms with Gasteiger partial charge >= 0.3 is 5.97 Å². The second-order valence-electron chi connectivity index (χ2n) is 5.67. The molecule has 0 saturated heterocycles. The molecular formula is C18H20N2O7S. The number of sulfonamides is 1. The Morgan fingerprint density at radius 2 is 1.68 bits per heavy atom. The number of carbonyl (C=O) groups is 2. The average Bonchev–Trinajstić information content (AvgIpc) is 2.66. The van der Waals surface area contributed by atoms with Gasteiger partial charge in [0.05, 0.1) is 19.1 Å². The van der Waals surface area contributed by atoms with E-state index in [2.05, 4.69) is 5.32 Å². The van der Waals surface area contributed by atoms with Crippen LogP contribution in [0.4, 0.5) is 5.69 Å². The summed E-state index contributed by atoms with van der Waals surface area (Å²) in [6, 6.07) is 9.86. The number of benzene rings is 2. The summed E-state index contributed by atoms with van der Waals surface area (Å²) in [5.41, 5.74) is 0.429. The van der Waals surface area contributed by atoms with Gasteiger partial charge in [-0.2, -0.15) is 0 Å². The SMILES string of the molecule is COc1ccc(OC)c(C(=O)O[C@@H](C)C(=O)Nc2ccc(S(N)(=O)=O)cc2)c1. The van der Waals surface area contributed by atoms with Crippen molar-refractivity contribution in [2.24, 2.45) is 5.14 Å². The van der Waals surface area contributed by atoms with E-state index in [1.165, 1.54) is 51.5 Å². The highest BCUT2D eigenvalue weighted by Gasteiger charge is 2.22. The normalized spacial score (nSPS) is 12.0. The molecule has 0 saturated carbocycles. The van der Waals surface area contributed by atoms with Gasteiger partial charge in [-0.05, 0) is 49.4 Å². The number of nitrogens with one attached hydrogen (secondary N) is 1. The van der Waals surface area contributed by atoms with Crippen molar-refractivity contribution in [2.45, 2.75) is 17.9 Å². The van der Waals surface area contributed by atoms with Crippen LogP contribution in [0.15, 0.2) is 47.4 Å². The van der Waals surface area contributed by atoms with E-state index in [1.807, 2.05) is 0 Å². The fraction of sp³-hybridized carbons (Fsp3) is 0.222. The summed E-state index contributed by atoms with van der Waals surface area (Å²) in [5, 5.41) is 7.54. The summed E-state index contributed by atoms with van der Waals surface area (Å²) in [5.74, 6) is -0.654. The first kappa shape index (κ1) is 21.2. The summed E-state index contributed by atoms with van der Waals surface area (Å²) in [4.78, 5) is 24.6. The number of esters is 1. The van der Waals surface area contributed by atoms with Crippen molar-refractivity contribution in [1.29, 1.82) is 0 Å². The first-order chi connectivity index (χ1) is 13.2. The van der Waals surface area contributed by atoms with Gasteiger partial charge in [-0.1, -0.05) is 0 Å². The van der Waals surface area contributed by atoms with Crippen LogP contribution in [0.1, 0.15) is 17.3 Å². The lowest BCUT2D eigenvalue weighted by atomic mass is 10.2. The standard InChI is InChI=1S/C18H20N2O7S/c1-11(17(21)20-12-4-7-14(8-5-12)28(19,23)24)27-18(22)15-10-13(25-2)6-9-16(15)26-3/h4-11H,1-3H3,(H,20,21)(H2,19,23,24)/t11-/m0/s1. The minimum Gasteiger partial charge on any atom is -0.497 e. The Morgan fingerprint density at radius 1 is 1.04 bits per heavy atom. The number of carbonyl (C=O) groups excluding carboxylic acids is 2. The van der Waals surface area contributed by atoms with E-state index in [4.69, 9.17) is 19.3 Å². The summed E-state index contributed by atoms with van der Waals surface area (Å²) >= 11 is 0. The van der Waals surface area contributed by atoms with E-state index in [1.54, 1.807) is 12.1 Å². The number of nitrogens with two attached hydrogens (primary N) is 1. The van der Waals surface area contributed by atoms with Crippen molar-refractivity contribution in [3.8, 4) is 11.5 Å². The number of anilines is 1. The van der Waals surface area contributed by atoms with Crippen LogP contribution in [0.3, 0.4) is 0 Å². The fourth-order valence-electron chi connectivity index (χ4n) is 2.22. The summed E-state index contributed by atoms with van der Waals surface area (Å²) in [6.07, 6.45) is -1.12. The van der Waals surface area contributed by atoms with Gasteiger partial charge in [0.15, 0.2) is 6.10 Å². The maximum atomic E-state index is 12.4. The lowest BCUT2D eigenvalue weighted by Crippen LogP contribution is -2.30. The minimum absolute atomic E-state index is 0.0879. The highest BCUT2D eigenvalue weighted by Crippen LogP contribution is 2.25. The number of amides is 1. The molecule has 0 aliphatic heterocycles. The predicted molar refractivity (Wildman–Crippen MR) is 101 cm³/mol. The van der Waals surface area contributed by atoms with Crippen LogP contribution >= 0.6 is 0 Å². The Bertz CT molecular complexity index is 972. The van der Waals surface area contributed by atoms with Crippen molar-refractivity contribution in [2.75, 3.05) is 19.5 Å². The molecule has 10 heteroatoms. The summed E-state index contributed by atoms with van der Waals surface area (Å²) in [7, 11) is -0.972. The Kier molecular flexibility index (Phi) is 6.60. The van der Waals surface area contributed by atoms with Crippen LogP contribution in [0.2, 0.25) is 0 Å². The predicted octanol–water partition coefficient (Wildman–Crippen LogP) is 1.54. The molecule has 0 spiro atoms. The molecule has 2 aromatic rings. The third-order valence-corrected chi connectivity index (χ3v) is 4.66. The van der Waals surface area contributed by atoms with Gasteiger partial charge in [0.1, 0.15) is 17.1 Å². The van der Waals surface area contributed by atoms with E-state index < -0.39 is 28.0 Å². The third kappa shape index (κ3) is 5.21. The van der Waals surface area contributed by atoms with Crippen LogP contribution in [0, 0.1) is 0 Å². The van der Waals surface area contributed by atoms with Gasteiger partial charge in [0.25, 0.3) is 5.91 Å². The Hall–Kier alpha value is -3.11. The van der Waals surface area contributed by atoms with Crippen molar-refractivity contribution in [1.82, 2.24) is 0 Å². The second kappa shape index (κ2) is 8.72. The molecule has 0 radical (unpaired) electrons. The molecule has 28 heavy (non-hydrogen) atoms. The van der Waals surface area contributed by atoms with Crippen molar-refractivity contribution < 1.29 is 32.2 Å². The van der Waals surface area contributed by atoms with Crippen molar-refractivity contribution in [3.05, 3.63) is 48.0 Å². The first-order valence-electron chi connectivity index (χ1n) is 8.02. The van der Waals surface area contributed by atoms with E-state index in [9.17, 15) is 18.0 Å². The van der Waals surface area contributed by atoms with Crippen LogP contribution in [0.5, 0.6) is 11.5 Å². The first-order valence-corrected chi connectivity index (χ1v) is 9.57. The molecule has 9 nitrogen and oxygen atoms in total. The zero-order valence-electron chi connectivity index (χ0n) is 15.5. The van der Waals surface area contributed by atoms with Crippen LogP contribution in [-0.2, 0) is 19.6 Å². The molecule has 2 aromatic carbocycles. The summed E-state index contributed by atoms with van der Waals surface area (Å²) < 4.78 is 37.9.